The van der Waals surface area contributed by atoms with Crippen LogP contribution in [0.5, 0.6) is 0 Å². The number of fused-ring (bicyclic) bond motifs is 1. The van der Waals surface area contributed by atoms with Crippen molar-refractivity contribution in [1.82, 2.24) is 14.6 Å². The molecule has 37 heavy (non-hydrogen) atoms. The Labute approximate surface area is 225 Å². The maximum absolute atomic E-state index is 12.8. The molecule has 2 aromatic heterocycles. The van der Waals surface area contributed by atoms with E-state index in [2.05, 4.69) is 16.2 Å². The van der Waals surface area contributed by atoms with Crippen molar-refractivity contribution in [2.45, 2.75) is 65.5 Å². The van der Waals surface area contributed by atoms with Crippen molar-refractivity contribution in [2.24, 2.45) is 17.8 Å². The second-order valence-electron chi connectivity index (χ2n) is 9.52. The molecule has 0 aromatic carbocycles. The number of anilines is 1. The number of halogens is 1. The van der Waals surface area contributed by atoms with E-state index in [0.29, 0.717) is 5.52 Å². The molecular weight excluding hydrogens is 550 g/mol. The largest absolute Gasteiger partial charge is 0.463 e. The van der Waals surface area contributed by atoms with Crippen molar-refractivity contribution in [2.75, 3.05) is 12.3 Å². The minimum absolute atomic E-state index is 0. The maximum Gasteiger partial charge on any atom is 0.308 e. The van der Waals surface area contributed by atoms with Gasteiger partial charge in [-0.2, -0.15) is 10.4 Å². The maximum atomic E-state index is 12.8. The number of nitrogens with two attached hydrogens (primary N) is 1. The van der Waals surface area contributed by atoms with Gasteiger partial charge in [0.2, 0.25) is 5.60 Å². The lowest BCUT2D eigenvalue weighted by molar-refractivity contribution is -0.174. The van der Waals surface area contributed by atoms with Crippen LogP contribution in [-0.2, 0) is 38.9 Å². The highest BCUT2D eigenvalue weighted by molar-refractivity contribution is 8.93. The highest BCUT2D eigenvalue weighted by Crippen LogP contribution is 2.44. The Balaban J connectivity index is 0.00000481. The zero-order valence-electron chi connectivity index (χ0n) is 21.5. The zero-order chi connectivity index (χ0) is 26.8. The van der Waals surface area contributed by atoms with Gasteiger partial charge in [0, 0.05) is 0 Å². The van der Waals surface area contributed by atoms with Gasteiger partial charge in [0.15, 0.2) is 18.0 Å². The van der Waals surface area contributed by atoms with Crippen LogP contribution < -0.4 is 5.73 Å². The number of nitriles is 1. The van der Waals surface area contributed by atoms with Crippen LogP contribution in [0.15, 0.2) is 18.5 Å². The van der Waals surface area contributed by atoms with Gasteiger partial charge in [-0.05, 0) is 12.1 Å². The number of aromatic nitrogens is 3. The van der Waals surface area contributed by atoms with Crippen LogP contribution in [0.4, 0.5) is 5.82 Å². The van der Waals surface area contributed by atoms with Gasteiger partial charge in [0.1, 0.15) is 30.6 Å². The molecule has 2 aromatic rings. The fourth-order valence-electron chi connectivity index (χ4n) is 3.67. The molecule has 0 unspecified atom stereocenters. The number of carbonyl (C=O) groups is 3. The third kappa shape index (κ3) is 5.86. The molecule has 1 saturated heterocycles. The van der Waals surface area contributed by atoms with Crippen molar-refractivity contribution in [3.8, 4) is 6.07 Å². The Morgan fingerprint density at radius 1 is 1.08 bits per heavy atom. The van der Waals surface area contributed by atoms with E-state index in [-0.39, 0.29) is 35.1 Å². The average Bonchev–Trinajstić information content (AvgIpc) is 3.38. The molecule has 1 aliphatic heterocycles. The summed E-state index contributed by atoms with van der Waals surface area (Å²) >= 11 is 0. The van der Waals surface area contributed by atoms with E-state index in [9.17, 15) is 19.6 Å². The summed E-state index contributed by atoms with van der Waals surface area (Å²) in [5, 5.41) is 14.7. The number of nitrogen functional groups attached to an aromatic ring is 1. The molecule has 0 saturated carbocycles. The minimum Gasteiger partial charge on any atom is -0.463 e. The van der Waals surface area contributed by atoms with Crippen LogP contribution in [0, 0.1) is 29.1 Å². The topological polar surface area (TPSA) is 168 Å². The van der Waals surface area contributed by atoms with Gasteiger partial charge in [-0.1, -0.05) is 41.5 Å². The second kappa shape index (κ2) is 11.9. The van der Waals surface area contributed by atoms with Gasteiger partial charge in [0.05, 0.1) is 23.4 Å². The smallest absolute Gasteiger partial charge is 0.308 e. The number of hydrogen-bond donors (Lipinski definition) is 1. The predicted octanol–water partition coefficient (Wildman–Crippen LogP) is 2.34. The standard InChI is InChI=1S/C24H31N5O7.BrH/c1-12(2)21(30)33-9-16-18(34-22(31)13(3)4)19(35-23(32)14(5)6)24(10-25,36-16)17-8-7-15-20(26)27-11-28-29(15)17;/h7-8,11-14,16,18-19H,9H2,1-6H3,(H2,26,27,28);1H/t16-,18-,19-,24+;/m1./s1. The van der Waals surface area contributed by atoms with Crippen molar-refractivity contribution in [1.29, 1.82) is 5.26 Å². The van der Waals surface area contributed by atoms with E-state index in [1.165, 1.54) is 10.8 Å². The number of esters is 3. The first-order valence-electron chi connectivity index (χ1n) is 11.7. The lowest BCUT2D eigenvalue weighted by atomic mass is 9.91. The molecule has 2 N–H and O–H groups in total. The molecule has 1 fully saturated rings. The van der Waals surface area contributed by atoms with Gasteiger partial charge in [0.25, 0.3) is 0 Å². The fraction of sp³-hybridized carbons (Fsp3) is 0.583. The molecule has 13 heteroatoms. The average molecular weight is 582 g/mol. The first-order valence-corrected chi connectivity index (χ1v) is 11.7. The Morgan fingerprint density at radius 3 is 2.24 bits per heavy atom. The Morgan fingerprint density at radius 2 is 1.68 bits per heavy atom. The van der Waals surface area contributed by atoms with Gasteiger partial charge in [-0.25, -0.2) is 9.50 Å². The van der Waals surface area contributed by atoms with E-state index < -0.39 is 59.6 Å². The molecule has 4 atom stereocenters. The highest BCUT2D eigenvalue weighted by atomic mass is 79.9. The molecule has 3 rings (SSSR count). The highest BCUT2D eigenvalue weighted by Gasteiger charge is 2.63. The predicted molar refractivity (Wildman–Crippen MR) is 135 cm³/mol. The third-order valence-corrected chi connectivity index (χ3v) is 5.73. The second-order valence-corrected chi connectivity index (χ2v) is 9.52. The first kappa shape index (κ1) is 30.0. The number of carbonyl (C=O) groups excluding carboxylic acids is 3. The number of nitrogens with zero attached hydrogens (tertiary/aromatic N) is 4. The summed E-state index contributed by atoms with van der Waals surface area (Å²) < 4.78 is 24.4. The van der Waals surface area contributed by atoms with Gasteiger partial charge < -0.3 is 24.7 Å². The monoisotopic (exact) mass is 581 g/mol. The van der Waals surface area contributed by atoms with Crippen molar-refractivity contribution in [3.63, 3.8) is 0 Å². The van der Waals surface area contributed by atoms with E-state index in [0.717, 1.165) is 0 Å². The Bertz CT molecular complexity index is 1190. The molecule has 3 heterocycles. The van der Waals surface area contributed by atoms with Crippen LogP contribution in [0.2, 0.25) is 0 Å². The number of hydrogen-bond acceptors (Lipinski definition) is 11. The zero-order valence-corrected chi connectivity index (χ0v) is 23.2. The Kier molecular flexibility index (Phi) is 9.62. The van der Waals surface area contributed by atoms with Crippen molar-refractivity contribution in [3.05, 3.63) is 24.2 Å². The third-order valence-electron chi connectivity index (χ3n) is 5.73. The van der Waals surface area contributed by atoms with E-state index in [1.54, 1.807) is 53.7 Å². The van der Waals surface area contributed by atoms with Crippen LogP contribution in [-0.4, -0.2) is 57.4 Å². The molecule has 0 radical (unpaired) electrons. The number of rotatable bonds is 8. The fourth-order valence-corrected chi connectivity index (χ4v) is 3.67. The summed E-state index contributed by atoms with van der Waals surface area (Å²) in [5.74, 6) is -3.09. The molecule has 0 spiro atoms. The van der Waals surface area contributed by atoms with Gasteiger partial charge in [-0.15, -0.1) is 17.0 Å². The van der Waals surface area contributed by atoms with E-state index in [1.807, 2.05) is 0 Å². The van der Waals surface area contributed by atoms with Crippen LogP contribution in [0.3, 0.4) is 0 Å². The lowest BCUT2D eigenvalue weighted by Gasteiger charge is -2.29. The van der Waals surface area contributed by atoms with Crippen LogP contribution in [0.25, 0.3) is 5.52 Å². The Hall–Kier alpha value is -3.24. The summed E-state index contributed by atoms with van der Waals surface area (Å²) in [7, 11) is 0. The first-order chi connectivity index (χ1) is 16.9. The minimum atomic E-state index is -1.98. The number of ether oxygens (including phenoxy) is 4. The normalized spacial score (nSPS) is 23.1. The molecule has 202 valence electrons. The summed E-state index contributed by atoms with van der Waals surface area (Å²) in [5.41, 5.74) is 4.56. The van der Waals surface area contributed by atoms with Crippen molar-refractivity contribution >= 4 is 46.2 Å². The van der Waals surface area contributed by atoms with Crippen molar-refractivity contribution < 1.29 is 33.3 Å². The molecule has 0 bridgehead atoms. The molecule has 1 aliphatic rings. The van der Waals surface area contributed by atoms with Gasteiger partial charge in [-0.3, -0.25) is 14.4 Å². The molecule has 12 nitrogen and oxygen atoms in total. The van der Waals surface area contributed by atoms with E-state index >= 15 is 0 Å². The summed E-state index contributed by atoms with van der Waals surface area (Å²) in [6.07, 6.45) is -2.58. The summed E-state index contributed by atoms with van der Waals surface area (Å²) in [4.78, 5) is 41.5. The quantitative estimate of drug-likeness (QED) is 0.358. The molecule has 0 amide bonds. The van der Waals surface area contributed by atoms with Crippen LogP contribution >= 0.6 is 17.0 Å². The molecule has 0 aliphatic carbocycles. The lowest BCUT2D eigenvalue weighted by Crippen LogP contribution is -2.47. The van der Waals surface area contributed by atoms with Crippen LogP contribution in [0.1, 0.15) is 47.2 Å². The summed E-state index contributed by atoms with van der Waals surface area (Å²) in [6, 6.07) is 5.24. The molecular formula is C24H32BrN5O7. The van der Waals surface area contributed by atoms with Gasteiger partial charge >= 0.3 is 17.9 Å². The van der Waals surface area contributed by atoms with E-state index in [4.69, 9.17) is 24.7 Å². The SMILES string of the molecule is Br.CC(C)C(=O)OC[C@H]1O[C@@](C#N)(c2ccc3c(N)ncnn23)[C@H](OC(=O)C(C)C)[C@@H]1OC(=O)C(C)C. The summed E-state index contributed by atoms with van der Waals surface area (Å²) in [6.45, 7) is 9.52.